The van der Waals surface area contributed by atoms with Crippen molar-refractivity contribution in [1.29, 1.82) is 0 Å². The zero-order chi connectivity index (χ0) is 21.6. The number of rotatable bonds is 8. The van der Waals surface area contributed by atoms with E-state index >= 15 is 0 Å². The van der Waals surface area contributed by atoms with Gasteiger partial charge in [-0.15, -0.1) is 0 Å². The second-order valence-electron chi connectivity index (χ2n) is 7.85. The van der Waals surface area contributed by atoms with Gasteiger partial charge in [0, 0.05) is 43.0 Å². The first-order valence-corrected chi connectivity index (χ1v) is 10.6. The predicted molar refractivity (Wildman–Crippen MR) is 120 cm³/mol. The summed E-state index contributed by atoms with van der Waals surface area (Å²) in [7, 11) is 3.44. The minimum atomic E-state index is 0.262. The van der Waals surface area contributed by atoms with Crippen LogP contribution in [0.25, 0.3) is 0 Å². The molecule has 7 heteroatoms. The third kappa shape index (κ3) is 5.18. The van der Waals surface area contributed by atoms with Crippen LogP contribution in [0, 0.1) is 6.92 Å². The summed E-state index contributed by atoms with van der Waals surface area (Å²) < 4.78 is 10.9. The van der Waals surface area contributed by atoms with E-state index < -0.39 is 0 Å². The third-order valence-corrected chi connectivity index (χ3v) is 5.54. The molecule has 0 saturated carbocycles. The number of likely N-dealkylation sites (tertiary alicyclic amines) is 1. The maximum absolute atomic E-state index is 5.63. The van der Waals surface area contributed by atoms with Crippen LogP contribution in [-0.2, 0) is 17.9 Å². The van der Waals surface area contributed by atoms with Crippen molar-refractivity contribution in [1.82, 2.24) is 19.9 Å². The molecule has 1 fully saturated rings. The highest BCUT2D eigenvalue weighted by Gasteiger charge is 2.28. The first-order chi connectivity index (χ1) is 15.2. The van der Waals surface area contributed by atoms with Crippen molar-refractivity contribution < 1.29 is 9.47 Å². The molecular formula is C24H29N5O2. The molecule has 1 aromatic carbocycles. The number of nitrogens with zero attached hydrogens (tertiary/aromatic N) is 4. The summed E-state index contributed by atoms with van der Waals surface area (Å²) in [4.78, 5) is 15.8. The fourth-order valence-corrected chi connectivity index (χ4v) is 4.23. The van der Waals surface area contributed by atoms with E-state index in [0.717, 1.165) is 60.1 Å². The fraction of sp³-hybridized carbons (Fsp3) is 0.375. The van der Waals surface area contributed by atoms with Crippen molar-refractivity contribution in [2.24, 2.45) is 0 Å². The summed E-state index contributed by atoms with van der Waals surface area (Å²) >= 11 is 0. The van der Waals surface area contributed by atoms with Crippen molar-refractivity contribution in [2.45, 2.75) is 39.0 Å². The van der Waals surface area contributed by atoms with Crippen molar-refractivity contribution in [3.63, 3.8) is 0 Å². The summed E-state index contributed by atoms with van der Waals surface area (Å²) in [6.45, 7) is 4.47. The zero-order valence-electron chi connectivity index (χ0n) is 18.3. The van der Waals surface area contributed by atoms with Gasteiger partial charge in [0.1, 0.15) is 11.6 Å². The Labute approximate surface area is 183 Å². The Bertz CT molecular complexity index is 1010. The third-order valence-electron chi connectivity index (χ3n) is 5.54. The van der Waals surface area contributed by atoms with E-state index in [9.17, 15) is 0 Å². The number of benzene rings is 1. The van der Waals surface area contributed by atoms with Gasteiger partial charge in [0.05, 0.1) is 31.6 Å². The van der Waals surface area contributed by atoms with Gasteiger partial charge in [-0.05, 0) is 56.1 Å². The molecule has 2 aromatic heterocycles. The maximum Gasteiger partial charge on any atom is 0.148 e. The zero-order valence-corrected chi connectivity index (χ0v) is 18.3. The molecule has 162 valence electrons. The van der Waals surface area contributed by atoms with Gasteiger partial charge in [-0.1, -0.05) is 6.07 Å². The summed E-state index contributed by atoms with van der Waals surface area (Å²) in [6, 6.07) is 10.7. The van der Waals surface area contributed by atoms with E-state index in [1.165, 1.54) is 5.56 Å². The van der Waals surface area contributed by atoms with Gasteiger partial charge in [-0.25, -0.2) is 4.98 Å². The summed E-state index contributed by atoms with van der Waals surface area (Å²) in [5.41, 5.74) is 5.37. The normalized spacial score (nSPS) is 16.4. The fourth-order valence-electron chi connectivity index (χ4n) is 4.23. The molecule has 1 aliphatic rings. The van der Waals surface area contributed by atoms with E-state index in [0.29, 0.717) is 6.61 Å². The van der Waals surface area contributed by atoms with Gasteiger partial charge in [-0.3, -0.25) is 14.9 Å². The van der Waals surface area contributed by atoms with Gasteiger partial charge >= 0.3 is 0 Å². The standard InChI is InChI=1S/C24H29N5O2/c1-17-11-20(28-24-14-25-8-9-26-24)13-21(27-17)22-5-4-10-29(22)15-19-12-18(16-30-2)6-7-23(19)31-3/h6-9,11-14,22H,4-5,10,15-16H2,1-3H3,(H,26,27,28). The molecule has 1 saturated heterocycles. The lowest BCUT2D eigenvalue weighted by Crippen LogP contribution is -2.24. The molecule has 0 aliphatic carbocycles. The average Bonchev–Trinajstić information content (AvgIpc) is 3.23. The van der Waals surface area contributed by atoms with Gasteiger partial charge < -0.3 is 14.8 Å². The predicted octanol–water partition coefficient (Wildman–Crippen LogP) is 4.42. The number of methoxy groups -OCH3 is 2. The van der Waals surface area contributed by atoms with Crippen LogP contribution < -0.4 is 10.1 Å². The molecule has 4 rings (SSSR count). The molecule has 0 amide bonds. The number of pyridine rings is 1. The number of nitrogens with one attached hydrogen (secondary N) is 1. The van der Waals surface area contributed by atoms with Crippen LogP contribution in [0.3, 0.4) is 0 Å². The number of hydrogen-bond donors (Lipinski definition) is 1. The van der Waals surface area contributed by atoms with Crippen LogP contribution in [-0.4, -0.2) is 40.6 Å². The highest BCUT2D eigenvalue weighted by atomic mass is 16.5. The lowest BCUT2D eigenvalue weighted by atomic mass is 10.1. The minimum absolute atomic E-state index is 0.262. The van der Waals surface area contributed by atoms with Crippen molar-refractivity contribution >= 4 is 11.5 Å². The molecule has 0 bridgehead atoms. The molecule has 1 aliphatic heterocycles. The second-order valence-corrected chi connectivity index (χ2v) is 7.85. The molecule has 3 aromatic rings. The lowest BCUT2D eigenvalue weighted by Gasteiger charge is -2.26. The second kappa shape index (κ2) is 9.85. The van der Waals surface area contributed by atoms with E-state index in [-0.39, 0.29) is 6.04 Å². The van der Waals surface area contributed by atoms with Crippen molar-refractivity contribution in [3.05, 3.63) is 71.4 Å². The van der Waals surface area contributed by atoms with Crippen LogP contribution in [0.5, 0.6) is 5.75 Å². The monoisotopic (exact) mass is 419 g/mol. The van der Waals surface area contributed by atoms with Crippen LogP contribution in [0.15, 0.2) is 48.9 Å². The Balaban J connectivity index is 1.57. The minimum Gasteiger partial charge on any atom is -0.496 e. The molecule has 0 spiro atoms. The molecule has 3 heterocycles. The Morgan fingerprint density at radius 3 is 2.84 bits per heavy atom. The van der Waals surface area contributed by atoms with Gasteiger partial charge in [0.25, 0.3) is 0 Å². The smallest absolute Gasteiger partial charge is 0.148 e. The summed E-state index contributed by atoms with van der Waals surface area (Å²) in [5, 5.41) is 3.35. The van der Waals surface area contributed by atoms with Crippen molar-refractivity contribution in [2.75, 3.05) is 26.1 Å². The number of hydrogen-bond acceptors (Lipinski definition) is 7. The Morgan fingerprint density at radius 1 is 1.16 bits per heavy atom. The molecule has 1 unspecified atom stereocenters. The highest BCUT2D eigenvalue weighted by Crippen LogP contribution is 2.35. The molecule has 31 heavy (non-hydrogen) atoms. The van der Waals surface area contributed by atoms with Crippen LogP contribution in [0.1, 0.15) is 41.4 Å². The first kappa shape index (κ1) is 21.2. The van der Waals surface area contributed by atoms with Gasteiger partial charge in [0.2, 0.25) is 0 Å². The molecule has 7 nitrogen and oxygen atoms in total. The average molecular weight is 420 g/mol. The SMILES string of the molecule is COCc1ccc(OC)c(CN2CCCC2c2cc(Nc3cnccn3)cc(C)n2)c1. The summed E-state index contributed by atoms with van der Waals surface area (Å²) in [5.74, 6) is 1.63. The lowest BCUT2D eigenvalue weighted by molar-refractivity contribution is 0.184. The Morgan fingerprint density at radius 2 is 2.06 bits per heavy atom. The highest BCUT2D eigenvalue weighted by molar-refractivity contribution is 5.56. The quantitative estimate of drug-likeness (QED) is 0.579. The van der Waals surface area contributed by atoms with Crippen LogP contribution >= 0.6 is 0 Å². The van der Waals surface area contributed by atoms with E-state index in [4.69, 9.17) is 14.5 Å². The van der Waals surface area contributed by atoms with Gasteiger partial charge in [-0.2, -0.15) is 0 Å². The van der Waals surface area contributed by atoms with E-state index in [2.05, 4.69) is 38.4 Å². The molecule has 0 radical (unpaired) electrons. The first-order valence-electron chi connectivity index (χ1n) is 10.6. The van der Waals surface area contributed by atoms with Crippen LogP contribution in [0.2, 0.25) is 0 Å². The molecule has 1 N–H and O–H groups in total. The Hall–Kier alpha value is -3.03. The van der Waals surface area contributed by atoms with E-state index in [1.54, 1.807) is 32.8 Å². The summed E-state index contributed by atoms with van der Waals surface area (Å²) in [6.07, 6.45) is 7.30. The van der Waals surface area contributed by atoms with Crippen LogP contribution in [0.4, 0.5) is 11.5 Å². The molecule has 1 atom stereocenters. The van der Waals surface area contributed by atoms with Gasteiger partial charge in [0.15, 0.2) is 0 Å². The topological polar surface area (TPSA) is 72.4 Å². The largest absolute Gasteiger partial charge is 0.496 e. The number of aryl methyl sites for hydroxylation is 1. The molecular weight excluding hydrogens is 390 g/mol. The Kier molecular flexibility index (Phi) is 6.74. The van der Waals surface area contributed by atoms with E-state index in [1.807, 2.05) is 19.1 Å². The number of aromatic nitrogens is 3. The maximum atomic E-state index is 5.63. The number of anilines is 2. The number of ether oxygens (including phenoxy) is 2. The van der Waals surface area contributed by atoms with Crippen molar-refractivity contribution in [3.8, 4) is 5.75 Å².